The highest BCUT2D eigenvalue weighted by molar-refractivity contribution is 6.33. The van der Waals surface area contributed by atoms with E-state index in [1.807, 2.05) is 0 Å². The molecule has 11 nitrogen and oxygen atoms in total. The van der Waals surface area contributed by atoms with Crippen molar-refractivity contribution in [3.8, 4) is 0 Å². The summed E-state index contributed by atoms with van der Waals surface area (Å²) in [5, 5.41) is 0.137. The molecule has 3 heterocycles. The molecule has 1 saturated heterocycles. The molecule has 176 valence electrons. The molecule has 3 aromatic rings. The molecule has 1 spiro atoms. The van der Waals surface area contributed by atoms with E-state index >= 15 is 0 Å². The predicted octanol–water partition coefficient (Wildman–Crippen LogP) is 2.24. The van der Waals surface area contributed by atoms with Crippen molar-refractivity contribution < 1.29 is 33.3 Å². The van der Waals surface area contributed by atoms with Gasteiger partial charge in [0, 0.05) is 20.3 Å². The van der Waals surface area contributed by atoms with Gasteiger partial charge in [0.25, 0.3) is 0 Å². The molecule has 2 aromatic heterocycles. The topological polar surface area (TPSA) is 132 Å². The number of hydrogen-bond acceptors (Lipinski definition) is 10. The van der Waals surface area contributed by atoms with E-state index in [1.54, 1.807) is 30.3 Å². The smallest absolute Gasteiger partial charge is 0.338 e. The summed E-state index contributed by atoms with van der Waals surface area (Å²) in [6, 6.07) is 8.48. The summed E-state index contributed by atoms with van der Waals surface area (Å²) in [6.45, 7) is 2.47. The number of fused-ring (bicyclic) bond motifs is 1. The third-order valence-electron chi connectivity index (χ3n) is 5.73. The lowest BCUT2D eigenvalue weighted by Gasteiger charge is -2.24. The second-order valence-electron chi connectivity index (χ2n) is 8.02. The van der Waals surface area contributed by atoms with Crippen LogP contribution in [0, 0.1) is 0 Å². The average molecular weight is 487 g/mol. The van der Waals surface area contributed by atoms with Crippen molar-refractivity contribution >= 4 is 40.7 Å². The molecular weight excluding hydrogens is 468 g/mol. The SMILES string of the molecule is CC(=O)OC1C(n2cnc3c(Cl)ncnc32)O[C@@]2(C[C@H]2OC(=O)c2ccccc2)C1OC(C)=O. The summed E-state index contributed by atoms with van der Waals surface area (Å²) in [7, 11) is 0. The van der Waals surface area contributed by atoms with Crippen molar-refractivity contribution in [2.75, 3.05) is 0 Å². The van der Waals surface area contributed by atoms with Crippen LogP contribution in [0.3, 0.4) is 0 Å². The highest BCUT2D eigenvalue weighted by atomic mass is 35.5. The van der Waals surface area contributed by atoms with Crippen LogP contribution >= 0.6 is 11.6 Å². The van der Waals surface area contributed by atoms with Crippen LogP contribution in [0.5, 0.6) is 0 Å². The monoisotopic (exact) mass is 486 g/mol. The Balaban J connectivity index is 1.50. The van der Waals surface area contributed by atoms with Gasteiger partial charge in [-0.2, -0.15) is 0 Å². The molecule has 1 aliphatic heterocycles. The summed E-state index contributed by atoms with van der Waals surface area (Å²) in [4.78, 5) is 48.9. The Labute approximate surface area is 197 Å². The molecule has 12 heteroatoms. The normalized spacial score (nSPS) is 27.5. The minimum atomic E-state index is -1.21. The molecule has 2 aliphatic rings. The van der Waals surface area contributed by atoms with Crippen molar-refractivity contribution in [1.29, 1.82) is 0 Å². The number of ether oxygens (including phenoxy) is 4. The molecule has 0 amide bonds. The molecule has 1 aliphatic carbocycles. The number of aromatic nitrogens is 4. The molecular formula is C22H19ClN4O7. The van der Waals surface area contributed by atoms with E-state index in [4.69, 9.17) is 30.5 Å². The number of benzene rings is 1. The average Bonchev–Trinajstić information content (AvgIpc) is 3.16. The standard InChI is InChI=1S/C22H19ClN4O7/c1-11(28)31-16-17(32-12(2)29)22(8-14(22)33-21(30)13-6-4-3-5-7-13)34-20(16)27-10-26-15-18(23)24-9-25-19(15)27/h3-7,9-10,14,16-17,20H,8H2,1-2H3/t14-,16?,17?,20?,22-/m1/s1. The molecule has 0 N–H and O–H groups in total. The largest absolute Gasteiger partial charge is 0.455 e. The number of carbonyl (C=O) groups is 3. The fourth-order valence-corrected chi connectivity index (χ4v) is 4.41. The van der Waals surface area contributed by atoms with E-state index in [0.29, 0.717) is 16.7 Å². The van der Waals surface area contributed by atoms with Gasteiger partial charge in [0.05, 0.1) is 11.9 Å². The number of nitrogens with zero attached hydrogens (tertiary/aromatic N) is 4. The van der Waals surface area contributed by atoms with Crippen LogP contribution in [0.15, 0.2) is 43.0 Å². The summed E-state index contributed by atoms with van der Waals surface area (Å²) in [5.74, 6) is -1.76. The highest BCUT2D eigenvalue weighted by Gasteiger charge is 2.74. The van der Waals surface area contributed by atoms with Crippen LogP contribution in [0.2, 0.25) is 5.15 Å². The van der Waals surface area contributed by atoms with Gasteiger partial charge in [-0.05, 0) is 12.1 Å². The predicted molar refractivity (Wildman–Crippen MR) is 115 cm³/mol. The Morgan fingerprint density at radius 3 is 2.50 bits per heavy atom. The van der Waals surface area contributed by atoms with E-state index in [2.05, 4.69) is 15.0 Å². The molecule has 5 atom stereocenters. The number of halogens is 1. The number of hydrogen-bond donors (Lipinski definition) is 0. The van der Waals surface area contributed by atoms with Crippen molar-refractivity contribution in [3.05, 3.63) is 53.7 Å². The number of carbonyl (C=O) groups excluding carboxylic acids is 3. The summed E-state index contributed by atoms with van der Waals surface area (Å²) < 4.78 is 24.6. The molecule has 5 rings (SSSR count). The van der Waals surface area contributed by atoms with Gasteiger partial charge in [0.1, 0.15) is 17.9 Å². The quantitative estimate of drug-likeness (QED) is 0.300. The number of imidazole rings is 1. The minimum Gasteiger partial charge on any atom is -0.455 e. The number of rotatable bonds is 5. The molecule has 1 saturated carbocycles. The first kappa shape index (κ1) is 22.2. The van der Waals surface area contributed by atoms with Gasteiger partial charge in [-0.15, -0.1) is 0 Å². The lowest BCUT2D eigenvalue weighted by Crippen LogP contribution is -2.41. The molecule has 2 fully saturated rings. The van der Waals surface area contributed by atoms with Crippen molar-refractivity contribution in [2.24, 2.45) is 0 Å². The molecule has 34 heavy (non-hydrogen) atoms. The maximum absolute atomic E-state index is 12.6. The van der Waals surface area contributed by atoms with Crippen molar-refractivity contribution in [2.45, 2.75) is 50.4 Å². The van der Waals surface area contributed by atoms with Gasteiger partial charge in [-0.3, -0.25) is 14.2 Å². The molecule has 0 bridgehead atoms. The third kappa shape index (κ3) is 3.76. The number of esters is 3. The van der Waals surface area contributed by atoms with Crippen LogP contribution in [0.1, 0.15) is 36.9 Å². The second-order valence-corrected chi connectivity index (χ2v) is 8.38. The lowest BCUT2D eigenvalue weighted by molar-refractivity contribution is -0.166. The first-order chi connectivity index (χ1) is 16.3. The third-order valence-corrected chi connectivity index (χ3v) is 6.01. The van der Waals surface area contributed by atoms with Crippen LogP contribution in [0.25, 0.3) is 11.2 Å². The van der Waals surface area contributed by atoms with Gasteiger partial charge in [0.2, 0.25) is 0 Å². The Hall–Kier alpha value is -3.57. The van der Waals surface area contributed by atoms with E-state index in [0.717, 1.165) is 0 Å². The molecule has 1 aromatic carbocycles. The van der Waals surface area contributed by atoms with Crippen LogP contribution in [-0.4, -0.2) is 61.3 Å². The highest BCUT2D eigenvalue weighted by Crippen LogP contribution is 2.57. The first-order valence-electron chi connectivity index (χ1n) is 10.4. The van der Waals surface area contributed by atoms with E-state index < -0.39 is 48.0 Å². The van der Waals surface area contributed by atoms with Crippen LogP contribution < -0.4 is 0 Å². The minimum absolute atomic E-state index is 0.137. The maximum atomic E-state index is 12.6. The summed E-state index contributed by atoms with van der Waals surface area (Å²) >= 11 is 6.12. The Bertz CT molecular complexity index is 1280. The Morgan fingerprint density at radius 2 is 1.79 bits per heavy atom. The Morgan fingerprint density at radius 1 is 1.06 bits per heavy atom. The van der Waals surface area contributed by atoms with Crippen molar-refractivity contribution in [1.82, 2.24) is 19.5 Å². The van der Waals surface area contributed by atoms with Crippen molar-refractivity contribution in [3.63, 3.8) is 0 Å². The van der Waals surface area contributed by atoms with Gasteiger partial charge in [-0.1, -0.05) is 29.8 Å². The van der Waals surface area contributed by atoms with Gasteiger partial charge < -0.3 is 18.9 Å². The molecule has 0 radical (unpaired) electrons. The zero-order valence-electron chi connectivity index (χ0n) is 18.1. The van der Waals surface area contributed by atoms with E-state index in [9.17, 15) is 14.4 Å². The van der Waals surface area contributed by atoms with Crippen LogP contribution in [-0.2, 0) is 28.5 Å². The van der Waals surface area contributed by atoms with Crippen LogP contribution in [0.4, 0.5) is 0 Å². The van der Waals surface area contributed by atoms with E-state index in [-0.39, 0.29) is 11.6 Å². The second kappa shape index (κ2) is 8.33. The van der Waals surface area contributed by atoms with Gasteiger partial charge in [0.15, 0.2) is 34.8 Å². The van der Waals surface area contributed by atoms with Gasteiger partial charge in [-0.25, -0.2) is 19.7 Å². The van der Waals surface area contributed by atoms with E-state index in [1.165, 1.54) is 31.1 Å². The Kier molecular flexibility index (Phi) is 5.45. The summed E-state index contributed by atoms with van der Waals surface area (Å²) in [5.41, 5.74) is -0.193. The summed E-state index contributed by atoms with van der Waals surface area (Å²) in [6.07, 6.45) is -0.899. The zero-order valence-corrected chi connectivity index (χ0v) is 18.8. The zero-order chi connectivity index (χ0) is 24.0. The lowest BCUT2D eigenvalue weighted by atomic mass is 10.1. The first-order valence-corrected chi connectivity index (χ1v) is 10.8. The van der Waals surface area contributed by atoms with Gasteiger partial charge >= 0.3 is 17.9 Å². The fourth-order valence-electron chi connectivity index (χ4n) is 4.24. The fraction of sp³-hybridized carbons (Fsp3) is 0.364. The molecule has 3 unspecified atom stereocenters. The maximum Gasteiger partial charge on any atom is 0.338 e.